The third-order valence-electron chi connectivity index (χ3n) is 6.48. The van der Waals surface area contributed by atoms with Crippen molar-refractivity contribution in [1.29, 1.82) is 0 Å². The number of benzene rings is 3. The van der Waals surface area contributed by atoms with Crippen LogP contribution in [0.15, 0.2) is 66.7 Å². The van der Waals surface area contributed by atoms with Gasteiger partial charge in [-0.1, -0.05) is 24.3 Å². The molecule has 38 heavy (non-hydrogen) atoms. The van der Waals surface area contributed by atoms with Gasteiger partial charge in [-0.05, 0) is 47.5 Å². The number of amides is 1. The average Bonchev–Trinajstić information content (AvgIpc) is 2.94. The molecule has 200 valence electrons. The molecule has 1 atom stereocenters. The number of methoxy groups -OCH3 is 2. The van der Waals surface area contributed by atoms with Crippen molar-refractivity contribution in [1.82, 2.24) is 9.80 Å². The largest absolute Gasteiger partial charge is 0.497 e. The fourth-order valence-electron chi connectivity index (χ4n) is 4.38. The lowest BCUT2D eigenvalue weighted by atomic mass is 10.1. The van der Waals surface area contributed by atoms with E-state index in [2.05, 4.69) is 4.90 Å². The molecule has 3 aromatic carbocycles. The predicted molar refractivity (Wildman–Crippen MR) is 137 cm³/mol. The smallest absolute Gasteiger partial charge is 0.337 e. The number of ether oxygens (including phenoxy) is 3. The summed E-state index contributed by atoms with van der Waals surface area (Å²) in [5.41, 5.74) is 2.33. The van der Waals surface area contributed by atoms with Crippen LogP contribution in [-0.2, 0) is 16.1 Å². The van der Waals surface area contributed by atoms with Crippen LogP contribution in [0.25, 0.3) is 0 Å². The first-order valence-corrected chi connectivity index (χ1v) is 12.3. The average molecular weight is 525 g/mol. The Morgan fingerprint density at radius 2 is 1.55 bits per heavy atom. The Kier molecular flexibility index (Phi) is 9.04. The Hall–Kier alpha value is -3.82. The van der Waals surface area contributed by atoms with E-state index in [9.17, 15) is 18.4 Å². The summed E-state index contributed by atoms with van der Waals surface area (Å²) in [5.74, 6) is -1.61. The van der Waals surface area contributed by atoms with Crippen molar-refractivity contribution >= 4 is 11.9 Å². The molecule has 7 nitrogen and oxygen atoms in total. The monoisotopic (exact) mass is 524 g/mol. The zero-order valence-electron chi connectivity index (χ0n) is 21.4. The van der Waals surface area contributed by atoms with Gasteiger partial charge in [-0.3, -0.25) is 9.69 Å². The van der Waals surface area contributed by atoms with Crippen molar-refractivity contribution in [3.63, 3.8) is 0 Å². The number of nitrogens with zero attached hydrogens (tertiary/aromatic N) is 2. The van der Waals surface area contributed by atoms with Gasteiger partial charge in [-0.15, -0.1) is 0 Å². The summed E-state index contributed by atoms with van der Waals surface area (Å²) in [6, 6.07) is 17.6. The summed E-state index contributed by atoms with van der Waals surface area (Å²) >= 11 is 0. The molecule has 0 bridgehead atoms. The number of carbonyl (C=O) groups is 2. The van der Waals surface area contributed by atoms with Crippen molar-refractivity contribution in [2.75, 3.05) is 46.9 Å². The van der Waals surface area contributed by atoms with Crippen LogP contribution >= 0.6 is 0 Å². The first-order valence-electron chi connectivity index (χ1n) is 12.3. The molecular formula is C29H30F2N2O5. The minimum Gasteiger partial charge on any atom is -0.497 e. The SMILES string of the molecule is COC(=O)c1ccc(CO[C@@H](CN2CCN(C(=O)c3cc(F)cc(F)c3)CC2)c2cccc(OC)c2)cc1. The normalized spacial score (nSPS) is 14.7. The number of esters is 1. The fourth-order valence-corrected chi connectivity index (χ4v) is 4.38. The van der Waals surface area contributed by atoms with Gasteiger partial charge < -0.3 is 19.1 Å². The number of halogens is 2. The molecule has 1 amide bonds. The van der Waals surface area contributed by atoms with Crippen LogP contribution in [0.5, 0.6) is 5.75 Å². The van der Waals surface area contributed by atoms with Gasteiger partial charge in [0, 0.05) is 44.4 Å². The van der Waals surface area contributed by atoms with E-state index in [0.717, 1.165) is 35.1 Å². The Morgan fingerprint density at radius 3 is 2.18 bits per heavy atom. The molecule has 9 heteroatoms. The van der Waals surface area contributed by atoms with Crippen molar-refractivity contribution in [3.8, 4) is 5.75 Å². The molecule has 1 heterocycles. The van der Waals surface area contributed by atoms with E-state index in [0.29, 0.717) is 44.9 Å². The Labute approximate surface area is 220 Å². The van der Waals surface area contributed by atoms with Crippen molar-refractivity contribution < 1.29 is 32.6 Å². The first-order chi connectivity index (χ1) is 18.4. The first kappa shape index (κ1) is 27.2. The molecule has 0 aliphatic carbocycles. The van der Waals surface area contributed by atoms with Crippen LogP contribution in [0.2, 0.25) is 0 Å². The summed E-state index contributed by atoms with van der Waals surface area (Å²) in [6.45, 7) is 2.92. The van der Waals surface area contributed by atoms with Gasteiger partial charge in [-0.25, -0.2) is 13.6 Å². The summed E-state index contributed by atoms with van der Waals surface area (Å²) in [6.07, 6.45) is -0.287. The zero-order chi connectivity index (χ0) is 27.1. The third kappa shape index (κ3) is 6.93. The highest BCUT2D eigenvalue weighted by atomic mass is 19.1. The van der Waals surface area contributed by atoms with Crippen LogP contribution in [-0.4, -0.2) is 68.6 Å². The van der Waals surface area contributed by atoms with Crippen molar-refractivity contribution in [2.45, 2.75) is 12.7 Å². The van der Waals surface area contributed by atoms with Crippen molar-refractivity contribution in [2.24, 2.45) is 0 Å². The minimum absolute atomic E-state index is 0.00626. The zero-order valence-corrected chi connectivity index (χ0v) is 21.4. The maximum atomic E-state index is 13.6. The van der Waals surface area contributed by atoms with Crippen LogP contribution in [0.1, 0.15) is 37.9 Å². The van der Waals surface area contributed by atoms with E-state index in [1.165, 1.54) is 7.11 Å². The molecular weight excluding hydrogens is 494 g/mol. The van der Waals surface area contributed by atoms with E-state index in [1.807, 2.05) is 36.4 Å². The van der Waals surface area contributed by atoms with E-state index >= 15 is 0 Å². The topological polar surface area (TPSA) is 68.3 Å². The molecule has 0 radical (unpaired) electrons. The fraction of sp³-hybridized carbons (Fsp3) is 0.310. The highest BCUT2D eigenvalue weighted by molar-refractivity contribution is 5.94. The molecule has 1 fully saturated rings. The maximum Gasteiger partial charge on any atom is 0.337 e. The Balaban J connectivity index is 1.41. The van der Waals surface area contributed by atoms with Gasteiger partial charge in [0.25, 0.3) is 5.91 Å². The highest BCUT2D eigenvalue weighted by Crippen LogP contribution is 2.25. The van der Waals surface area contributed by atoms with E-state index < -0.39 is 17.6 Å². The number of hydrogen-bond donors (Lipinski definition) is 0. The van der Waals surface area contributed by atoms with Gasteiger partial charge in [-0.2, -0.15) is 0 Å². The molecule has 1 aliphatic rings. The van der Waals surface area contributed by atoms with Gasteiger partial charge >= 0.3 is 5.97 Å². The standard InChI is InChI=1S/C29H30F2N2O5/c1-36-26-5-3-4-22(16-26)27(38-19-20-6-8-21(9-7-20)29(35)37-2)18-32-10-12-33(13-11-32)28(34)23-14-24(30)17-25(31)15-23/h3-9,14-17,27H,10-13,18-19H2,1-2H3/t27-/m0/s1. The maximum absolute atomic E-state index is 13.6. The quantitative estimate of drug-likeness (QED) is 0.385. The lowest BCUT2D eigenvalue weighted by Crippen LogP contribution is -2.49. The van der Waals surface area contributed by atoms with Gasteiger partial charge in [0.15, 0.2) is 0 Å². The molecule has 0 aromatic heterocycles. The van der Waals surface area contributed by atoms with Crippen LogP contribution in [0, 0.1) is 11.6 Å². The number of rotatable bonds is 9. The van der Waals surface area contributed by atoms with Gasteiger partial charge in [0.2, 0.25) is 0 Å². The second kappa shape index (κ2) is 12.6. The summed E-state index contributed by atoms with van der Waals surface area (Å²) in [7, 11) is 2.95. The van der Waals surface area contributed by atoms with E-state index in [1.54, 1.807) is 24.1 Å². The highest BCUT2D eigenvalue weighted by Gasteiger charge is 2.25. The molecule has 0 spiro atoms. The lowest BCUT2D eigenvalue weighted by molar-refractivity contribution is 0.00330. The second-order valence-corrected chi connectivity index (χ2v) is 9.02. The molecule has 3 aromatic rings. The lowest BCUT2D eigenvalue weighted by Gasteiger charge is -2.36. The summed E-state index contributed by atoms with van der Waals surface area (Å²) < 4.78 is 43.6. The third-order valence-corrected chi connectivity index (χ3v) is 6.48. The minimum atomic E-state index is -0.773. The molecule has 0 saturated carbocycles. The summed E-state index contributed by atoms with van der Waals surface area (Å²) in [5, 5.41) is 0. The molecule has 0 N–H and O–H groups in total. The molecule has 0 unspecified atom stereocenters. The van der Waals surface area contributed by atoms with Crippen molar-refractivity contribution in [3.05, 3.63) is 101 Å². The Bertz CT molecular complexity index is 1240. The predicted octanol–water partition coefficient (Wildman–Crippen LogP) is 4.48. The van der Waals surface area contributed by atoms with Crippen LogP contribution in [0.4, 0.5) is 8.78 Å². The number of piperazine rings is 1. The molecule has 1 aliphatic heterocycles. The number of hydrogen-bond acceptors (Lipinski definition) is 6. The van der Waals surface area contributed by atoms with Crippen LogP contribution < -0.4 is 4.74 Å². The molecule has 1 saturated heterocycles. The summed E-state index contributed by atoms with van der Waals surface area (Å²) in [4.78, 5) is 28.3. The van der Waals surface area contributed by atoms with E-state index in [-0.39, 0.29) is 17.6 Å². The van der Waals surface area contributed by atoms with Crippen LogP contribution in [0.3, 0.4) is 0 Å². The second-order valence-electron chi connectivity index (χ2n) is 9.02. The van der Waals surface area contributed by atoms with E-state index in [4.69, 9.17) is 14.2 Å². The number of carbonyl (C=O) groups excluding carboxylic acids is 2. The molecule has 4 rings (SSSR count). The van der Waals surface area contributed by atoms with Gasteiger partial charge in [0.05, 0.1) is 32.5 Å². The Morgan fingerprint density at radius 1 is 0.868 bits per heavy atom. The van der Waals surface area contributed by atoms with Gasteiger partial charge in [0.1, 0.15) is 17.4 Å².